The van der Waals surface area contributed by atoms with E-state index in [1.165, 1.54) is 4.88 Å². The minimum Gasteiger partial charge on any atom is -0.338 e. The van der Waals surface area contributed by atoms with Crippen molar-refractivity contribution in [2.75, 3.05) is 13.6 Å². The summed E-state index contributed by atoms with van der Waals surface area (Å²) < 4.78 is 2.02. The molecule has 0 radical (unpaired) electrons. The number of likely N-dealkylation sites (N-methyl/N-ethyl adjacent to an activating group) is 1. The summed E-state index contributed by atoms with van der Waals surface area (Å²) in [6.07, 6.45) is 5.39. The molecule has 0 spiro atoms. The number of carbonyl (C=O) groups is 1. The SMILES string of the molecule is CN(Cc1ccccn1)C(=O)[C@H]1CN(Cc2cccs2)Cc2cncn21. The van der Waals surface area contributed by atoms with Gasteiger partial charge in [0.15, 0.2) is 0 Å². The summed E-state index contributed by atoms with van der Waals surface area (Å²) in [5, 5.41) is 2.09. The second kappa shape index (κ2) is 7.39. The molecule has 0 fully saturated rings. The molecular formula is C19H21N5OS. The maximum atomic E-state index is 13.1. The standard InChI is InChI=1S/C19H21N5OS/c1-22(10-15-5-2-3-7-21-15)19(25)18-13-23(12-17-6-4-8-26-17)11-16-9-20-14-24(16)18/h2-9,14,18H,10-13H2,1H3/t18-/m1/s1. The number of amides is 1. The van der Waals surface area contributed by atoms with Gasteiger partial charge in [0.05, 0.1) is 24.3 Å². The van der Waals surface area contributed by atoms with Gasteiger partial charge in [0.25, 0.3) is 0 Å². The van der Waals surface area contributed by atoms with E-state index in [1.54, 1.807) is 28.8 Å². The highest BCUT2D eigenvalue weighted by Gasteiger charge is 2.32. The third kappa shape index (κ3) is 3.54. The van der Waals surface area contributed by atoms with Crippen LogP contribution >= 0.6 is 11.3 Å². The van der Waals surface area contributed by atoms with E-state index in [0.29, 0.717) is 13.1 Å². The number of nitrogens with zero attached hydrogens (tertiary/aromatic N) is 5. The zero-order valence-corrected chi connectivity index (χ0v) is 15.5. The van der Waals surface area contributed by atoms with Gasteiger partial charge in [0.1, 0.15) is 6.04 Å². The lowest BCUT2D eigenvalue weighted by atomic mass is 10.1. The molecule has 1 atom stereocenters. The van der Waals surface area contributed by atoms with Gasteiger partial charge in [-0.3, -0.25) is 14.7 Å². The third-order valence-corrected chi connectivity index (χ3v) is 5.51. The van der Waals surface area contributed by atoms with Crippen LogP contribution in [-0.4, -0.2) is 43.8 Å². The number of pyridine rings is 1. The summed E-state index contributed by atoms with van der Waals surface area (Å²) >= 11 is 1.75. The van der Waals surface area contributed by atoms with E-state index in [-0.39, 0.29) is 11.9 Å². The van der Waals surface area contributed by atoms with Gasteiger partial charge in [-0.15, -0.1) is 11.3 Å². The average molecular weight is 367 g/mol. The van der Waals surface area contributed by atoms with Crippen LogP contribution in [0.5, 0.6) is 0 Å². The van der Waals surface area contributed by atoms with Crippen molar-refractivity contribution in [2.24, 2.45) is 0 Å². The second-order valence-electron chi connectivity index (χ2n) is 6.57. The van der Waals surface area contributed by atoms with E-state index < -0.39 is 0 Å². The largest absolute Gasteiger partial charge is 0.338 e. The zero-order valence-electron chi connectivity index (χ0n) is 14.7. The quantitative estimate of drug-likeness (QED) is 0.695. The number of imidazole rings is 1. The number of hydrogen-bond acceptors (Lipinski definition) is 5. The lowest BCUT2D eigenvalue weighted by Crippen LogP contribution is -2.44. The Kier molecular flexibility index (Phi) is 4.81. The molecule has 0 unspecified atom stereocenters. The number of rotatable bonds is 5. The van der Waals surface area contributed by atoms with Crippen LogP contribution in [0.4, 0.5) is 0 Å². The molecule has 26 heavy (non-hydrogen) atoms. The van der Waals surface area contributed by atoms with E-state index in [0.717, 1.165) is 24.5 Å². The summed E-state index contributed by atoms with van der Waals surface area (Å²) in [7, 11) is 1.84. The van der Waals surface area contributed by atoms with Gasteiger partial charge in [-0.05, 0) is 23.6 Å². The molecule has 4 heterocycles. The number of carbonyl (C=O) groups excluding carboxylic acids is 1. The fraction of sp³-hybridized carbons (Fsp3) is 0.316. The molecule has 1 amide bonds. The van der Waals surface area contributed by atoms with E-state index >= 15 is 0 Å². The Hall–Kier alpha value is -2.51. The van der Waals surface area contributed by atoms with Gasteiger partial charge in [-0.1, -0.05) is 12.1 Å². The summed E-state index contributed by atoms with van der Waals surface area (Å²) in [4.78, 5) is 27.1. The number of aromatic nitrogens is 3. The zero-order chi connectivity index (χ0) is 17.9. The monoisotopic (exact) mass is 367 g/mol. The Balaban J connectivity index is 1.51. The van der Waals surface area contributed by atoms with Crippen LogP contribution in [-0.2, 0) is 24.4 Å². The maximum absolute atomic E-state index is 13.1. The molecule has 0 aliphatic carbocycles. The summed E-state index contributed by atoms with van der Waals surface area (Å²) in [5.41, 5.74) is 1.97. The van der Waals surface area contributed by atoms with E-state index in [9.17, 15) is 4.79 Å². The van der Waals surface area contributed by atoms with Crippen molar-refractivity contribution in [3.05, 3.63) is 70.7 Å². The number of fused-ring (bicyclic) bond motifs is 1. The highest BCUT2D eigenvalue weighted by molar-refractivity contribution is 7.09. The summed E-state index contributed by atoms with van der Waals surface area (Å²) in [6, 6.07) is 9.72. The molecule has 7 heteroatoms. The Morgan fingerprint density at radius 3 is 3.04 bits per heavy atom. The van der Waals surface area contributed by atoms with Crippen LogP contribution in [0.2, 0.25) is 0 Å². The lowest BCUT2D eigenvalue weighted by molar-refractivity contribution is -0.135. The lowest BCUT2D eigenvalue weighted by Gasteiger charge is -2.35. The molecule has 0 aromatic carbocycles. The van der Waals surface area contributed by atoms with Gasteiger partial charge in [0, 0.05) is 44.0 Å². The predicted molar refractivity (Wildman–Crippen MR) is 100 cm³/mol. The van der Waals surface area contributed by atoms with E-state index in [2.05, 4.69) is 32.4 Å². The fourth-order valence-electron chi connectivity index (χ4n) is 3.37. The summed E-state index contributed by atoms with van der Waals surface area (Å²) in [5.74, 6) is 0.0887. The molecule has 4 rings (SSSR count). The first-order valence-corrected chi connectivity index (χ1v) is 9.49. The third-order valence-electron chi connectivity index (χ3n) is 4.64. The molecule has 3 aromatic heterocycles. The molecule has 6 nitrogen and oxygen atoms in total. The van der Waals surface area contributed by atoms with E-state index in [1.807, 2.05) is 36.0 Å². The van der Waals surface area contributed by atoms with Crippen LogP contribution in [0.1, 0.15) is 22.3 Å². The maximum Gasteiger partial charge on any atom is 0.247 e. The molecular weight excluding hydrogens is 346 g/mol. The number of thiophene rings is 1. The van der Waals surface area contributed by atoms with Gasteiger partial charge in [0.2, 0.25) is 5.91 Å². The first kappa shape index (κ1) is 16.9. The second-order valence-corrected chi connectivity index (χ2v) is 7.60. The first-order chi connectivity index (χ1) is 12.7. The normalized spacial score (nSPS) is 17.0. The summed E-state index contributed by atoms with van der Waals surface area (Å²) in [6.45, 7) is 2.86. The number of hydrogen-bond donors (Lipinski definition) is 0. The van der Waals surface area contributed by atoms with Crippen molar-refractivity contribution in [1.29, 1.82) is 0 Å². The molecule has 0 bridgehead atoms. The fourth-order valence-corrected chi connectivity index (χ4v) is 4.11. The molecule has 0 saturated carbocycles. The molecule has 1 aliphatic heterocycles. The first-order valence-electron chi connectivity index (χ1n) is 8.61. The van der Waals surface area contributed by atoms with Crippen molar-refractivity contribution in [2.45, 2.75) is 25.7 Å². The van der Waals surface area contributed by atoms with Crippen molar-refractivity contribution in [3.8, 4) is 0 Å². The van der Waals surface area contributed by atoms with Crippen LogP contribution in [0, 0.1) is 0 Å². The van der Waals surface area contributed by atoms with Gasteiger partial charge in [-0.2, -0.15) is 0 Å². The molecule has 0 N–H and O–H groups in total. The average Bonchev–Trinajstić information content (AvgIpc) is 3.33. The van der Waals surface area contributed by atoms with Gasteiger partial charge >= 0.3 is 0 Å². The Labute approximate surface area is 156 Å². The smallest absolute Gasteiger partial charge is 0.247 e. The highest BCUT2D eigenvalue weighted by atomic mass is 32.1. The molecule has 3 aromatic rings. The van der Waals surface area contributed by atoms with Crippen LogP contribution < -0.4 is 0 Å². The molecule has 0 saturated heterocycles. The predicted octanol–water partition coefficient (Wildman–Crippen LogP) is 2.56. The minimum absolute atomic E-state index is 0.0887. The van der Waals surface area contributed by atoms with E-state index in [4.69, 9.17) is 0 Å². The Morgan fingerprint density at radius 1 is 1.35 bits per heavy atom. The molecule has 1 aliphatic rings. The van der Waals surface area contributed by atoms with Crippen LogP contribution in [0.15, 0.2) is 54.4 Å². The van der Waals surface area contributed by atoms with Crippen LogP contribution in [0.3, 0.4) is 0 Å². The van der Waals surface area contributed by atoms with Gasteiger partial charge in [-0.25, -0.2) is 4.98 Å². The Bertz CT molecular complexity index is 861. The van der Waals surface area contributed by atoms with Crippen molar-refractivity contribution >= 4 is 17.2 Å². The van der Waals surface area contributed by atoms with Crippen molar-refractivity contribution < 1.29 is 4.79 Å². The Morgan fingerprint density at radius 2 is 2.27 bits per heavy atom. The van der Waals surface area contributed by atoms with Gasteiger partial charge < -0.3 is 9.47 Å². The van der Waals surface area contributed by atoms with Crippen LogP contribution in [0.25, 0.3) is 0 Å². The minimum atomic E-state index is -0.255. The topological polar surface area (TPSA) is 54.3 Å². The van der Waals surface area contributed by atoms with Crippen molar-refractivity contribution in [1.82, 2.24) is 24.3 Å². The highest BCUT2D eigenvalue weighted by Crippen LogP contribution is 2.25. The van der Waals surface area contributed by atoms with Crippen molar-refractivity contribution in [3.63, 3.8) is 0 Å². The molecule has 134 valence electrons.